The average Bonchev–Trinajstić information content (AvgIpc) is 2.71. The van der Waals surface area contributed by atoms with Gasteiger partial charge in [-0.05, 0) is 47.0 Å². The molecule has 2 aromatic rings. The van der Waals surface area contributed by atoms with Crippen LogP contribution in [0.5, 0.6) is 0 Å². The molecule has 1 heterocycles. The van der Waals surface area contributed by atoms with Gasteiger partial charge in [-0.2, -0.15) is 5.10 Å². The molecule has 0 radical (unpaired) electrons. The SMILES string of the molecule is CCc1nn(C)c(CN[C@@H](C)c2ccc(F)cc2)c1Br. The van der Waals surface area contributed by atoms with Crippen molar-refractivity contribution >= 4 is 15.9 Å². The normalized spacial score (nSPS) is 12.7. The number of benzene rings is 1. The summed E-state index contributed by atoms with van der Waals surface area (Å²) >= 11 is 3.61. The van der Waals surface area contributed by atoms with Crippen molar-refractivity contribution in [3.8, 4) is 0 Å². The Morgan fingerprint density at radius 3 is 2.55 bits per heavy atom. The third kappa shape index (κ3) is 3.27. The van der Waals surface area contributed by atoms with Crippen molar-refractivity contribution in [1.82, 2.24) is 15.1 Å². The number of aromatic nitrogens is 2. The molecule has 3 nitrogen and oxygen atoms in total. The molecular formula is C15H19BrFN3. The van der Waals surface area contributed by atoms with E-state index in [0.717, 1.165) is 27.8 Å². The van der Waals surface area contributed by atoms with E-state index in [1.165, 1.54) is 12.1 Å². The van der Waals surface area contributed by atoms with Crippen LogP contribution >= 0.6 is 15.9 Å². The van der Waals surface area contributed by atoms with E-state index in [1.54, 1.807) is 0 Å². The molecule has 20 heavy (non-hydrogen) atoms. The molecule has 0 spiro atoms. The molecule has 0 aliphatic rings. The Kier molecular flexibility index (Phi) is 4.94. The average molecular weight is 340 g/mol. The van der Waals surface area contributed by atoms with Gasteiger partial charge in [0.25, 0.3) is 0 Å². The van der Waals surface area contributed by atoms with Gasteiger partial charge in [-0.15, -0.1) is 0 Å². The number of hydrogen-bond donors (Lipinski definition) is 1. The topological polar surface area (TPSA) is 29.9 Å². The van der Waals surface area contributed by atoms with E-state index in [4.69, 9.17) is 0 Å². The highest BCUT2D eigenvalue weighted by molar-refractivity contribution is 9.10. The number of nitrogens with one attached hydrogen (secondary N) is 1. The lowest BCUT2D eigenvalue weighted by Crippen LogP contribution is -2.20. The standard InChI is InChI=1S/C15H19BrFN3/c1-4-13-15(16)14(20(3)19-13)9-18-10(2)11-5-7-12(17)8-6-11/h5-8,10,18H,4,9H2,1-3H3/t10-/m0/s1. The summed E-state index contributed by atoms with van der Waals surface area (Å²) in [7, 11) is 1.95. The summed E-state index contributed by atoms with van der Waals surface area (Å²) < 4.78 is 15.9. The Bertz CT molecular complexity index is 578. The smallest absolute Gasteiger partial charge is 0.123 e. The second-order valence-corrected chi connectivity index (χ2v) is 5.63. The van der Waals surface area contributed by atoms with E-state index in [9.17, 15) is 4.39 Å². The highest BCUT2D eigenvalue weighted by atomic mass is 79.9. The first-order valence-corrected chi connectivity index (χ1v) is 7.51. The zero-order valence-corrected chi connectivity index (χ0v) is 13.5. The Balaban J connectivity index is 2.05. The van der Waals surface area contributed by atoms with Crippen LogP contribution in [0.3, 0.4) is 0 Å². The lowest BCUT2D eigenvalue weighted by atomic mass is 10.1. The van der Waals surface area contributed by atoms with Crippen LogP contribution in [0.25, 0.3) is 0 Å². The fourth-order valence-corrected chi connectivity index (χ4v) is 2.89. The second kappa shape index (κ2) is 6.50. The maximum absolute atomic E-state index is 12.9. The number of halogens is 2. The summed E-state index contributed by atoms with van der Waals surface area (Å²) in [5.41, 5.74) is 3.26. The van der Waals surface area contributed by atoms with Crippen molar-refractivity contribution in [2.24, 2.45) is 7.05 Å². The highest BCUT2D eigenvalue weighted by Gasteiger charge is 2.13. The molecule has 1 aromatic carbocycles. The van der Waals surface area contributed by atoms with Gasteiger partial charge in [-0.25, -0.2) is 4.39 Å². The molecular weight excluding hydrogens is 321 g/mol. The van der Waals surface area contributed by atoms with Gasteiger partial charge >= 0.3 is 0 Å². The molecule has 0 bridgehead atoms. The van der Waals surface area contributed by atoms with Crippen molar-refractivity contribution in [1.29, 1.82) is 0 Å². The summed E-state index contributed by atoms with van der Waals surface area (Å²) in [6, 6.07) is 6.75. The van der Waals surface area contributed by atoms with Gasteiger partial charge in [0.15, 0.2) is 0 Å². The molecule has 108 valence electrons. The van der Waals surface area contributed by atoms with Crippen molar-refractivity contribution in [2.45, 2.75) is 32.9 Å². The van der Waals surface area contributed by atoms with Crippen LogP contribution in [0.2, 0.25) is 0 Å². The minimum Gasteiger partial charge on any atom is -0.305 e. The molecule has 0 saturated heterocycles. The first-order valence-electron chi connectivity index (χ1n) is 6.72. The fraction of sp³-hybridized carbons (Fsp3) is 0.400. The van der Waals surface area contributed by atoms with Gasteiger partial charge in [0.05, 0.1) is 15.9 Å². The number of hydrogen-bond acceptors (Lipinski definition) is 2. The van der Waals surface area contributed by atoms with Gasteiger partial charge in [-0.1, -0.05) is 19.1 Å². The number of nitrogens with zero attached hydrogens (tertiary/aromatic N) is 2. The van der Waals surface area contributed by atoms with E-state index < -0.39 is 0 Å². The van der Waals surface area contributed by atoms with Gasteiger partial charge in [-0.3, -0.25) is 4.68 Å². The van der Waals surface area contributed by atoms with Gasteiger partial charge < -0.3 is 5.32 Å². The Morgan fingerprint density at radius 2 is 2.00 bits per heavy atom. The largest absolute Gasteiger partial charge is 0.305 e. The van der Waals surface area contributed by atoms with E-state index in [1.807, 2.05) is 23.9 Å². The maximum Gasteiger partial charge on any atom is 0.123 e. The summed E-state index contributed by atoms with van der Waals surface area (Å²) in [6.07, 6.45) is 0.905. The van der Waals surface area contributed by atoms with Gasteiger partial charge in [0, 0.05) is 19.6 Å². The summed E-state index contributed by atoms with van der Waals surface area (Å²) in [5, 5.41) is 7.91. The highest BCUT2D eigenvalue weighted by Crippen LogP contribution is 2.22. The maximum atomic E-state index is 12.9. The van der Waals surface area contributed by atoms with E-state index in [0.29, 0.717) is 6.54 Å². The van der Waals surface area contributed by atoms with Crippen molar-refractivity contribution in [3.63, 3.8) is 0 Å². The molecule has 1 N–H and O–H groups in total. The zero-order chi connectivity index (χ0) is 14.7. The predicted molar refractivity (Wildman–Crippen MR) is 81.9 cm³/mol. The minimum atomic E-state index is -0.206. The first kappa shape index (κ1) is 15.2. The summed E-state index contributed by atoms with van der Waals surface area (Å²) in [6.45, 7) is 4.87. The second-order valence-electron chi connectivity index (χ2n) is 4.84. The molecule has 0 saturated carbocycles. The Hall–Kier alpha value is -1.20. The number of aryl methyl sites for hydroxylation is 2. The van der Waals surface area contributed by atoms with Crippen LogP contribution in [0, 0.1) is 5.82 Å². The molecule has 0 amide bonds. The quantitative estimate of drug-likeness (QED) is 0.899. The lowest BCUT2D eigenvalue weighted by Gasteiger charge is -2.14. The third-order valence-electron chi connectivity index (χ3n) is 3.45. The first-order chi connectivity index (χ1) is 9.52. The van der Waals surface area contributed by atoms with Crippen LogP contribution in [0.15, 0.2) is 28.7 Å². The van der Waals surface area contributed by atoms with Crippen LogP contribution in [-0.4, -0.2) is 9.78 Å². The van der Waals surface area contributed by atoms with Crippen LogP contribution < -0.4 is 5.32 Å². The fourth-order valence-electron chi connectivity index (χ4n) is 2.13. The zero-order valence-electron chi connectivity index (χ0n) is 12.0. The molecule has 0 unspecified atom stereocenters. The van der Waals surface area contributed by atoms with Gasteiger partial charge in [0.2, 0.25) is 0 Å². The molecule has 1 atom stereocenters. The number of rotatable bonds is 5. The molecule has 1 aromatic heterocycles. The monoisotopic (exact) mass is 339 g/mol. The Labute approximate surface area is 127 Å². The summed E-state index contributed by atoms with van der Waals surface area (Å²) in [4.78, 5) is 0. The van der Waals surface area contributed by atoms with Crippen LogP contribution in [0.4, 0.5) is 4.39 Å². The molecule has 2 rings (SSSR count). The van der Waals surface area contributed by atoms with Crippen LogP contribution in [-0.2, 0) is 20.0 Å². The third-order valence-corrected chi connectivity index (χ3v) is 4.36. The van der Waals surface area contributed by atoms with E-state index in [2.05, 4.69) is 40.2 Å². The predicted octanol–water partition coefficient (Wildman–Crippen LogP) is 3.73. The van der Waals surface area contributed by atoms with Gasteiger partial charge in [0.1, 0.15) is 5.82 Å². The van der Waals surface area contributed by atoms with Crippen molar-refractivity contribution < 1.29 is 4.39 Å². The van der Waals surface area contributed by atoms with E-state index >= 15 is 0 Å². The Morgan fingerprint density at radius 1 is 1.35 bits per heavy atom. The minimum absolute atomic E-state index is 0.155. The van der Waals surface area contributed by atoms with Crippen molar-refractivity contribution in [3.05, 3.63) is 51.5 Å². The molecule has 0 fully saturated rings. The lowest BCUT2D eigenvalue weighted by molar-refractivity contribution is 0.545. The molecule has 0 aliphatic carbocycles. The van der Waals surface area contributed by atoms with Crippen LogP contribution in [0.1, 0.15) is 36.8 Å². The van der Waals surface area contributed by atoms with Crippen molar-refractivity contribution in [2.75, 3.05) is 0 Å². The van der Waals surface area contributed by atoms with E-state index in [-0.39, 0.29) is 11.9 Å². The summed E-state index contributed by atoms with van der Waals surface area (Å²) in [5.74, 6) is -0.206. The molecule has 5 heteroatoms. The molecule has 0 aliphatic heterocycles.